The number of aliphatic carboxylic acids is 1. The highest BCUT2D eigenvalue weighted by Gasteiger charge is 2.53. The third-order valence-electron chi connectivity index (χ3n) is 6.81. The summed E-state index contributed by atoms with van der Waals surface area (Å²) in [6, 6.07) is 15.2. The molecule has 2 amide bonds. The molecule has 7 nitrogen and oxygen atoms in total. The van der Waals surface area contributed by atoms with Crippen molar-refractivity contribution in [1.82, 2.24) is 10.2 Å². The van der Waals surface area contributed by atoms with E-state index in [1.54, 1.807) is 13.8 Å². The number of hydrogen-bond donors (Lipinski definition) is 2. The van der Waals surface area contributed by atoms with E-state index >= 15 is 0 Å². The Kier molecular flexibility index (Phi) is 6.78. The molecule has 35 heavy (non-hydrogen) atoms. The smallest absolute Gasteiger partial charge is 0.407 e. The van der Waals surface area contributed by atoms with Gasteiger partial charge >= 0.3 is 12.1 Å². The molecule has 4 rings (SSSR count). The first kappa shape index (κ1) is 24.6. The third kappa shape index (κ3) is 4.99. The number of likely N-dealkylation sites (tertiary alicyclic amines) is 1. The molecule has 2 unspecified atom stereocenters. The van der Waals surface area contributed by atoms with E-state index in [2.05, 4.69) is 5.32 Å². The molecule has 1 saturated heterocycles. The van der Waals surface area contributed by atoms with Gasteiger partial charge in [0.25, 0.3) is 5.92 Å². The monoisotopic (exact) mass is 486 g/mol. The number of carboxylic acids is 1. The second-order valence-electron chi connectivity index (χ2n) is 9.45. The van der Waals surface area contributed by atoms with Gasteiger partial charge < -0.3 is 20.1 Å². The molecule has 1 fully saturated rings. The zero-order valence-electron chi connectivity index (χ0n) is 19.5. The number of benzene rings is 2. The lowest BCUT2D eigenvalue weighted by molar-refractivity contribution is -0.151. The summed E-state index contributed by atoms with van der Waals surface area (Å²) in [7, 11) is 0. The molecule has 9 heteroatoms. The minimum Gasteiger partial charge on any atom is -0.481 e. The molecule has 2 atom stereocenters. The first-order chi connectivity index (χ1) is 16.6. The number of alkyl halides is 2. The largest absolute Gasteiger partial charge is 0.481 e. The SMILES string of the molecule is CC(C)C(CC(=O)N1CC(C(=O)O)C(F)(F)C1)NC(=O)OCC1c2ccccc2-c2ccccc21. The molecule has 1 aliphatic carbocycles. The average molecular weight is 487 g/mol. The van der Waals surface area contributed by atoms with Gasteiger partial charge in [-0.05, 0) is 28.2 Å². The van der Waals surface area contributed by atoms with Gasteiger partial charge in [0.05, 0.1) is 6.54 Å². The predicted molar refractivity (Wildman–Crippen MR) is 124 cm³/mol. The molecule has 1 aliphatic heterocycles. The van der Waals surface area contributed by atoms with E-state index < -0.39 is 48.9 Å². The van der Waals surface area contributed by atoms with Crippen molar-refractivity contribution < 1.29 is 33.0 Å². The van der Waals surface area contributed by atoms with Crippen LogP contribution in [0.15, 0.2) is 48.5 Å². The van der Waals surface area contributed by atoms with Gasteiger partial charge in [-0.3, -0.25) is 9.59 Å². The zero-order valence-corrected chi connectivity index (χ0v) is 19.5. The number of hydrogen-bond acceptors (Lipinski definition) is 4. The van der Waals surface area contributed by atoms with Crippen LogP contribution in [0.3, 0.4) is 0 Å². The Morgan fingerprint density at radius 1 is 1.09 bits per heavy atom. The molecular weight excluding hydrogens is 458 g/mol. The van der Waals surface area contributed by atoms with Gasteiger partial charge in [-0.2, -0.15) is 0 Å². The van der Waals surface area contributed by atoms with Crippen LogP contribution in [0.2, 0.25) is 0 Å². The van der Waals surface area contributed by atoms with Gasteiger partial charge in [0, 0.05) is 24.9 Å². The van der Waals surface area contributed by atoms with Crippen molar-refractivity contribution in [3.63, 3.8) is 0 Å². The fourth-order valence-corrected chi connectivity index (χ4v) is 4.79. The molecule has 186 valence electrons. The van der Waals surface area contributed by atoms with Gasteiger partial charge in [-0.15, -0.1) is 0 Å². The van der Waals surface area contributed by atoms with E-state index in [1.165, 1.54) is 0 Å². The zero-order chi connectivity index (χ0) is 25.3. The summed E-state index contributed by atoms with van der Waals surface area (Å²) >= 11 is 0. The van der Waals surface area contributed by atoms with Crippen LogP contribution in [0.25, 0.3) is 11.1 Å². The Morgan fingerprint density at radius 3 is 2.17 bits per heavy atom. The molecule has 2 aliphatic rings. The highest BCUT2D eigenvalue weighted by molar-refractivity contribution is 5.81. The lowest BCUT2D eigenvalue weighted by Crippen LogP contribution is -2.43. The van der Waals surface area contributed by atoms with Crippen LogP contribution in [-0.2, 0) is 14.3 Å². The Hall–Kier alpha value is -3.49. The quantitative estimate of drug-likeness (QED) is 0.614. The van der Waals surface area contributed by atoms with E-state index in [9.17, 15) is 23.2 Å². The number of nitrogens with zero attached hydrogens (tertiary/aromatic N) is 1. The Balaban J connectivity index is 1.37. The van der Waals surface area contributed by atoms with Crippen LogP contribution >= 0.6 is 0 Å². The summed E-state index contributed by atoms with van der Waals surface area (Å²) < 4.78 is 33.5. The number of carbonyl (C=O) groups is 3. The van der Waals surface area contributed by atoms with Crippen molar-refractivity contribution in [3.05, 3.63) is 59.7 Å². The number of amides is 2. The molecule has 0 saturated carbocycles. The van der Waals surface area contributed by atoms with Crippen molar-refractivity contribution in [2.45, 2.75) is 38.2 Å². The fraction of sp³-hybridized carbons (Fsp3) is 0.423. The fourth-order valence-electron chi connectivity index (χ4n) is 4.79. The van der Waals surface area contributed by atoms with Gasteiger partial charge in [-0.25, -0.2) is 13.6 Å². The maximum absolute atomic E-state index is 14.0. The number of carbonyl (C=O) groups excluding carboxylic acids is 2. The standard InChI is InChI=1S/C26H28F2N2O5/c1-15(2)22(11-23(31)30-12-21(24(32)33)26(27,28)14-30)29-25(34)35-13-20-18-9-5-3-7-16(18)17-8-4-6-10-19(17)20/h3-10,15,20-22H,11-14H2,1-2H3,(H,29,34)(H,32,33). The van der Waals surface area contributed by atoms with Crippen molar-refractivity contribution in [1.29, 1.82) is 0 Å². The normalized spacial score (nSPS) is 19.2. The summed E-state index contributed by atoms with van der Waals surface area (Å²) in [6.45, 7) is 2.19. The summed E-state index contributed by atoms with van der Waals surface area (Å²) in [4.78, 5) is 37.2. The first-order valence-corrected chi connectivity index (χ1v) is 11.6. The number of ether oxygens (including phenoxy) is 1. The number of carboxylic acid groups (broad SMARTS) is 1. The highest BCUT2D eigenvalue weighted by Crippen LogP contribution is 2.44. The maximum atomic E-state index is 14.0. The number of nitrogens with one attached hydrogen (secondary N) is 1. The molecule has 0 aromatic heterocycles. The Bertz CT molecular complexity index is 1090. The van der Waals surface area contributed by atoms with E-state index in [1.807, 2.05) is 48.5 Å². The molecule has 0 radical (unpaired) electrons. The van der Waals surface area contributed by atoms with Crippen LogP contribution in [-0.4, -0.2) is 59.6 Å². The average Bonchev–Trinajstić information content (AvgIpc) is 3.31. The molecular formula is C26H28F2N2O5. The van der Waals surface area contributed by atoms with Crippen molar-refractivity contribution in [2.75, 3.05) is 19.7 Å². The minimum absolute atomic E-state index is 0.108. The van der Waals surface area contributed by atoms with Crippen LogP contribution in [0, 0.1) is 11.8 Å². The number of halogens is 2. The van der Waals surface area contributed by atoms with E-state index in [0.29, 0.717) is 0 Å². The first-order valence-electron chi connectivity index (χ1n) is 11.6. The molecule has 0 bridgehead atoms. The number of rotatable bonds is 7. The minimum atomic E-state index is -3.49. The lowest BCUT2D eigenvalue weighted by Gasteiger charge is -2.25. The second-order valence-corrected chi connectivity index (χ2v) is 9.45. The summed E-state index contributed by atoms with van der Waals surface area (Å²) in [5, 5.41) is 11.7. The predicted octanol–water partition coefficient (Wildman–Crippen LogP) is 4.12. The number of alkyl carbamates (subject to hydrolysis) is 1. The van der Waals surface area contributed by atoms with Gasteiger partial charge in [0.1, 0.15) is 12.5 Å². The van der Waals surface area contributed by atoms with Crippen LogP contribution in [0.1, 0.15) is 37.3 Å². The highest BCUT2D eigenvalue weighted by atomic mass is 19.3. The summed E-state index contributed by atoms with van der Waals surface area (Å²) in [5.41, 5.74) is 4.34. The van der Waals surface area contributed by atoms with Crippen LogP contribution < -0.4 is 5.32 Å². The van der Waals surface area contributed by atoms with Crippen LogP contribution in [0.5, 0.6) is 0 Å². The number of fused-ring (bicyclic) bond motifs is 3. The van der Waals surface area contributed by atoms with Gasteiger partial charge in [0.15, 0.2) is 0 Å². The van der Waals surface area contributed by atoms with Crippen LogP contribution in [0.4, 0.5) is 13.6 Å². The van der Waals surface area contributed by atoms with Crippen molar-refractivity contribution in [3.8, 4) is 11.1 Å². The molecule has 2 N–H and O–H groups in total. The summed E-state index contributed by atoms with van der Waals surface area (Å²) in [6.07, 6.45) is -0.932. The van der Waals surface area contributed by atoms with Crippen molar-refractivity contribution in [2.24, 2.45) is 11.8 Å². The summed E-state index contributed by atoms with van der Waals surface area (Å²) in [5.74, 6) is -7.99. The van der Waals surface area contributed by atoms with E-state index in [4.69, 9.17) is 9.84 Å². The van der Waals surface area contributed by atoms with Crippen molar-refractivity contribution >= 4 is 18.0 Å². The third-order valence-corrected chi connectivity index (χ3v) is 6.81. The van der Waals surface area contributed by atoms with E-state index in [-0.39, 0.29) is 24.9 Å². The van der Waals surface area contributed by atoms with Gasteiger partial charge in [0.2, 0.25) is 5.91 Å². The molecule has 0 spiro atoms. The van der Waals surface area contributed by atoms with E-state index in [0.717, 1.165) is 27.2 Å². The Morgan fingerprint density at radius 2 is 1.66 bits per heavy atom. The maximum Gasteiger partial charge on any atom is 0.407 e. The second kappa shape index (κ2) is 9.64. The van der Waals surface area contributed by atoms with Gasteiger partial charge in [-0.1, -0.05) is 62.4 Å². The Labute approximate surface area is 202 Å². The molecule has 2 aromatic rings. The topological polar surface area (TPSA) is 95.9 Å². The lowest BCUT2D eigenvalue weighted by atomic mass is 9.98. The molecule has 1 heterocycles. The molecule has 2 aromatic carbocycles.